The molecule has 0 aromatic carbocycles. The van der Waals surface area contributed by atoms with Gasteiger partial charge in [-0.05, 0) is 66.1 Å². The van der Waals surface area contributed by atoms with Crippen LogP contribution in [-0.2, 0) is 0 Å². The monoisotopic (exact) mass is 367 g/mol. The molecule has 0 unspecified atom stereocenters. The second kappa shape index (κ2) is 6.07. The third-order valence-electron chi connectivity index (χ3n) is 5.22. The fraction of sp³-hybridized carbons (Fsp3) is 0.625. The number of piperidine rings is 1. The van der Waals surface area contributed by atoms with Crippen molar-refractivity contribution in [3.8, 4) is 0 Å². The lowest BCUT2D eigenvalue weighted by Crippen LogP contribution is -2.56. The molecule has 2 aliphatic rings. The average Bonchev–Trinajstić information content (AvgIpc) is 2.47. The maximum Gasteiger partial charge on any atom is 0.407 e. The first kappa shape index (κ1) is 15.6. The highest BCUT2D eigenvalue weighted by Crippen LogP contribution is 2.51. The van der Waals surface area contributed by atoms with E-state index in [9.17, 15) is 9.90 Å². The molecule has 0 radical (unpaired) electrons. The largest absolute Gasteiger partial charge is 0.465 e. The Morgan fingerprint density at radius 1 is 1.45 bits per heavy atom. The number of carboxylic acid groups (broad SMARTS) is 1. The van der Waals surface area contributed by atoms with Crippen molar-refractivity contribution >= 4 is 27.8 Å². The SMILES string of the molecule is CCN(C(=O)O)C1CC2(CCN(c3ccc(Br)cn3)CC2)C1. The zero-order valence-electron chi connectivity index (χ0n) is 12.8. The van der Waals surface area contributed by atoms with E-state index in [1.165, 1.54) is 0 Å². The number of pyridine rings is 1. The van der Waals surface area contributed by atoms with Crippen LogP contribution in [-0.4, -0.2) is 46.8 Å². The molecule has 2 fully saturated rings. The Hall–Kier alpha value is -1.30. The van der Waals surface area contributed by atoms with Crippen molar-refractivity contribution < 1.29 is 9.90 Å². The number of carbonyl (C=O) groups is 1. The van der Waals surface area contributed by atoms with E-state index in [1.54, 1.807) is 4.90 Å². The lowest BCUT2D eigenvalue weighted by Gasteiger charge is -2.54. The molecule has 22 heavy (non-hydrogen) atoms. The molecular weight excluding hydrogens is 346 g/mol. The standard InChI is InChI=1S/C16H22BrN3O2/c1-2-20(15(21)22)13-9-16(10-13)5-7-19(8-6-16)14-4-3-12(17)11-18-14/h3-4,11,13H,2,5-10H2,1H3,(H,21,22). The normalized spacial score (nSPS) is 20.7. The maximum atomic E-state index is 11.2. The summed E-state index contributed by atoms with van der Waals surface area (Å²) in [7, 11) is 0. The molecule has 0 atom stereocenters. The molecule has 1 aromatic rings. The van der Waals surface area contributed by atoms with Gasteiger partial charge in [-0.25, -0.2) is 9.78 Å². The summed E-state index contributed by atoms with van der Waals surface area (Å²) in [5.41, 5.74) is 0.361. The van der Waals surface area contributed by atoms with Crippen LogP contribution in [0.2, 0.25) is 0 Å². The summed E-state index contributed by atoms with van der Waals surface area (Å²) in [6.45, 7) is 4.53. The number of rotatable bonds is 3. The lowest BCUT2D eigenvalue weighted by molar-refractivity contribution is -0.00721. The van der Waals surface area contributed by atoms with E-state index in [0.717, 1.165) is 49.1 Å². The van der Waals surface area contributed by atoms with Crippen LogP contribution in [0.15, 0.2) is 22.8 Å². The number of amides is 1. The highest BCUT2D eigenvalue weighted by molar-refractivity contribution is 9.10. The highest BCUT2D eigenvalue weighted by Gasteiger charge is 2.48. The van der Waals surface area contributed by atoms with Gasteiger partial charge in [0.05, 0.1) is 0 Å². The van der Waals surface area contributed by atoms with E-state index >= 15 is 0 Å². The molecule has 1 N–H and O–H groups in total. The minimum Gasteiger partial charge on any atom is -0.465 e. The molecule has 3 rings (SSSR count). The molecule has 6 heteroatoms. The molecule has 2 heterocycles. The van der Waals surface area contributed by atoms with Crippen molar-refractivity contribution in [2.45, 2.75) is 38.6 Å². The minimum atomic E-state index is -0.779. The van der Waals surface area contributed by atoms with E-state index in [1.807, 2.05) is 19.2 Å². The van der Waals surface area contributed by atoms with Gasteiger partial charge in [0.25, 0.3) is 0 Å². The summed E-state index contributed by atoms with van der Waals surface area (Å²) in [6.07, 6.45) is 5.38. The van der Waals surface area contributed by atoms with Crippen LogP contribution in [0.3, 0.4) is 0 Å². The maximum absolute atomic E-state index is 11.2. The smallest absolute Gasteiger partial charge is 0.407 e. The summed E-state index contributed by atoms with van der Waals surface area (Å²) in [6, 6.07) is 4.30. The van der Waals surface area contributed by atoms with Crippen LogP contribution >= 0.6 is 15.9 Å². The zero-order chi connectivity index (χ0) is 15.7. The van der Waals surface area contributed by atoms with Gasteiger partial charge in [0, 0.05) is 36.3 Å². The van der Waals surface area contributed by atoms with E-state index in [0.29, 0.717) is 12.0 Å². The number of aromatic nitrogens is 1. The van der Waals surface area contributed by atoms with E-state index in [4.69, 9.17) is 0 Å². The average molecular weight is 368 g/mol. The Bertz CT molecular complexity index is 533. The molecule has 1 amide bonds. The molecule has 1 aliphatic heterocycles. The van der Waals surface area contributed by atoms with Gasteiger partial charge in [0.15, 0.2) is 0 Å². The van der Waals surface area contributed by atoms with Crippen molar-refractivity contribution in [2.75, 3.05) is 24.5 Å². The van der Waals surface area contributed by atoms with Gasteiger partial charge in [0.1, 0.15) is 5.82 Å². The highest BCUT2D eigenvalue weighted by atomic mass is 79.9. The van der Waals surface area contributed by atoms with E-state index in [2.05, 4.69) is 31.9 Å². The Labute approximate surface area is 139 Å². The first-order valence-electron chi connectivity index (χ1n) is 7.89. The van der Waals surface area contributed by atoms with Crippen molar-refractivity contribution in [1.82, 2.24) is 9.88 Å². The summed E-state index contributed by atoms with van der Waals surface area (Å²) in [4.78, 5) is 19.6. The van der Waals surface area contributed by atoms with Gasteiger partial charge < -0.3 is 14.9 Å². The van der Waals surface area contributed by atoms with Crippen molar-refractivity contribution in [3.05, 3.63) is 22.8 Å². The van der Waals surface area contributed by atoms with Gasteiger partial charge in [-0.15, -0.1) is 0 Å². The van der Waals surface area contributed by atoms with Gasteiger partial charge in [-0.2, -0.15) is 0 Å². The molecule has 1 saturated carbocycles. The van der Waals surface area contributed by atoms with Gasteiger partial charge in [-0.1, -0.05) is 0 Å². The summed E-state index contributed by atoms with van der Waals surface area (Å²) in [5.74, 6) is 1.04. The molecule has 1 saturated heterocycles. The lowest BCUT2D eigenvalue weighted by atomic mass is 9.60. The molecule has 1 aromatic heterocycles. The van der Waals surface area contributed by atoms with Crippen LogP contribution in [0.4, 0.5) is 10.6 Å². The summed E-state index contributed by atoms with van der Waals surface area (Å²) < 4.78 is 1.000. The number of hydrogen-bond donors (Lipinski definition) is 1. The van der Waals surface area contributed by atoms with Gasteiger partial charge in [-0.3, -0.25) is 0 Å². The summed E-state index contributed by atoms with van der Waals surface area (Å²) in [5, 5.41) is 9.21. The van der Waals surface area contributed by atoms with Crippen molar-refractivity contribution in [2.24, 2.45) is 5.41 Å². The van der Waals surface area contributed by atoms with Crippen LogP contribution in [0.1, 0.15) is 32.6 Å². The van der Waals surface area contributed by atoms with Crippen molar-refractivity contribution in [3.63, 3.8) is 0 Å². The predicted molar refractivity (Wildman–Crippen MR) is 89.2 cm³/mol. The fourth-order valence-electron chi connectivity index (χ4n) is 3.88. The van der Waals surface area contributed by atoms with Gasteiger partial charge in [0.2, 0.25) is 0 Å². The van der Waals surface area contributed by atoms with Gasteiger partial charge >= 0.3 is 6.09 Å². The Balaban J connectivity index is 1.55. The predicted octanol–water partition coefficient (Wildman–Crippen LogP) is 3.59. The Kier molecular flexibility index (Phi) is 4.30. The zero-order valence-corrected chi connectivity index (χ0v) is 14.4. The van der Waals surface area contributed by atoms with Crippen molar-refractivity contribution in [1.29, 1.82) is 0 Å². The molecule has 120 valence electrons. The Morgan fingerprint density at radius 2 is 2.14 bits per heavy atom. The van der Waals surface area contributed by atoms with Crippen LogP contribution in [0.5, 0.6) is 0 Å². The first-order valence-corrected chi connectivity index (χ1v) is 8.68. The topological polar surface area (TPSA) is 56.7 Å². The number of halogens is 1. The Morgan fingerprint density at radius 3 is 2.64 bits per heavy atom. The number of nitrogens with zero attached hydrogens (tertiary/aromatic N) is 3. The van der Waals surface area contributed by atoms with Crippen LogP contribution in [0.25, 0.3) is 0 Å². The summed E-state index contributed by atoms with van der Waals surface area (Å²) >= 11 is 3.41. The fourth-order valence-corrected chi connectivity index (χ4v) is 4.12. The quantitative estimate of drug-likeness (QED) is 0.886. The second-order valence-corrected chi connectivity index (χ2v) is 7.37. The third kappa shape index (κ3) is 2.93. The van der Waals surface area contributed by atoms with Crippen LogP contribution in [0, 0.1) is 5.41 Å². The van der Waals surface area contributed by atoms with E-state index in [-0.39, 0.29) is 6.04 Å². The molecule has 1 aliphatic carbocycles. The molecule has 5 nitrogen and oxygen atoms in total. The number of hydrogen-bond acceptors (Lipinski definition) is 3. The molecule has 0 bridgehead atoms. The van der Waals surface area contributed by atoms with Crippen LogP contribution < -0.4 is 4.90 Å². The third-order valence-corrected chi connectivity index (χ3v) is 5.69. The molecule has 1 spiro atoms. The second-order valence-electron chi connectivity index (χ2n) is 6.45. The molecular formula is C16H22BrN3O2. The minimum absolute atomic E-state index is 0.222. The number of anilines is 1. The van der Waals surface area contributed by atoms with E-state index < -0.39 is 6.09 Å². The first-order chi connectivity index (χ1) is 10.5.